The Bertz CT molecular complexity index is 331. The predicted molar refractivity (Wildman–Crippen MR) is 50.6 cm³/mol. The molecule has 1 unspecified atom stereocenters. The lowest BCUT2D eigenvalue weighted by molar-refractivity contribution is 0.414. The van der Waals surface area contributed by atoms with Crippen molar-refractivity contribution in [2.75, 3.05) is 7.11 Å². The summed E-state index contributed by atoms with van der Waals surface area (Å²) in [6, 6.07) is 7.34. The molecule has 4 nitrogen and oxygen atoms in total. The van der Waals surface area contributed by atoms with Crippen LogP contribution in [0.15, 0.2) is 29.4 Å². The van der Waals surface area contributed by atoms with E-state index in [1.807, 2.05) is 31.2 Å². The molecule has 1 rings (SSSR count). The van der Waals surface area contributed by atoms with Gasteiger partial charge in [-0.2, -0.15) is 0 Å². The van der Waals surface area contributed by atoms with E-state index in [1.165, 1.54) is 0 Å². The van der Waals surface area contributed by atoms with Gasteiger partial charge in [0, 0.05) is 4.91 Å². The maximum atomic E-state index is 8.25. The molecule has 13 heavy (non-hydrogen) atoms. The molecule has 1 atom stereocenters. The molecule has 0 bridgehead atoms. The molecule has 0 aromatic heterocycles. The highest BCUT2D eigenvalue weighted by molar-refractivity contribution is 5.30. The van der Waals surface area contributed by atoms with E-state index in [0.29, 0.717) is 0 Å². The third-order valence-corrected chi connectivity index (χ3v) is 1.80. The molecular formula is C9H11N3O. The monoisotopic (exact) mass is 177 g/mol. The fourth-order valence-corrected chi connectivity index (χ4v) is 1.05. The first-order chi connectivity index (χ1) is 6.27. The summed E-state index contributed by atoms with van der Waals surface area (Å²) in [7, 11) is 1.61. The molecule has 0 radical (unpaired) electrons. The Morgan fingerprint density at radius 2 is 2.31 bits per heavy atom. The maximum absolute atomic E-state index is 8.25. The van der Waals surface area contributed by atoms with Gasteiger partial charge in [0.2, 0.25) is 0 Å². The van der Waals surface area contributed by atoms with Crippen LogP contribution in [0.1, 0.15) is 18.5 Å². The van der Waals surface area contributed by atoms with Crippen molar-refractivity contribution < 1.29 is 4.74 Å². The Kier molecular flexibility index (Phi) is 3.17. The standard InChI is InChI=1S/C9H11N3O/c1-7(11-12-10)8-4-3-5-9(6-8)13-2/h3-7H,1-2H3. The molecule has 0 spiro atoms. The largest absolute Gasteiger partial charge is 0.497 e. The average molecular weight is 177 g/mol. The summed E-state index contributed by atoms with van der Waals surface area (Å²) in [5, 5.41) is 3.60. The summed E-state index contributed by atoms with van der Waals surface area (Å²) in [6.07, 6.45) is 0. The van der Waals surface area contributed by atoms with Crippen LogP contribution in [0.3, 0.4) is 0 Å². The van der Waals surface area contributed by atoms with E-state index in [1.54, 1.807) is 7.11 Å². The molecule has 0 aliphatic heterocycles. The van der Waals surface area contributed by atoms with Gasteiger partial charge in [0.25, 0.3) is 0 Å². The van der Waals surface area contributed by atoms with Crippen molar-refractivity contribution in [1.29, 1.82) is 0 Å². The van der Waals surface area contributed by atoms with Crippen molar-refractivity contribution >= 4 is 0 Å². The summed E-state index contributed by atoms with van der Waals surface area (Å²) in [5.74, 6) is 0.775. The van der Waals surface area contributed by atoms with Crippen LogP contribution in [0.5, 0.6) is 5.75 Å². The van der Waals surface area contributed by atoms with Crippen LogP contribution in [0, 0.1) is 0 Å². The quantitative estimate of drug-likeness (QED) is 0.397. The zero-order valence-electron chi connectivity index (χ0n) is 7.64. The topological polar surface area (TPSA) is 58.0 Å². The first kappa shape index (κ1) is 9.42. The van der Waals surface area contributed by atoms with E-state index in [4.69, 9.17) is 10.3 Å². The van der Waals surface area contributed by atoms with Crippen LogP contribution in [-0.2, 0) is 0 Å². The van der Waals surface area contributed by atoms with Crippen molar-refractivity contribution in [3.8, 4) is 5.75 Å². The van der Waals surface area contributed by atoms with Crippen molar-refractivity contribution in [3.63, 3.8) is 0 Å². The lowest BCUT2D eigenvalue weighted by Gasteiger charge is -2.06. The Morgan fingerprint density at radius 3 is 2.92 bits per heavy atom. The van der Waals surface area contributed by atoms with Gasteiger partial charge in [0.05, 0.1) is 13.2 Å². The van der Waals surface area contributed by atoms with Gasteiger partial charge in [0.1, 0.15) is 5.75 Å². The summed E-state index contributed by atoms with van der Waals surface area (Å²) in [6.45, 7) is 1.84. The molecule has 0 amide bonds. The molecule has 0 N–H and O–H groups in total. The van der Waals surface area contributed by atoms with E-state index in [9.17, 15) is 0 Å². The van der Waals surface area contributed by atoms with Gasteiger partial charge < -0.3 is 4.74 Å². The SMILES string of the molecule is COc1cccc(C(C)N=[N+]=[N-])c1. The number of ether oxygens (including phenoxy) is 1. The number of nitrogens with zero attached hydrogens (tertiary/aromatic N) is 3. The minimum atomic E-state index is -0.153. The first-order valence-corrected chi connectivity index (χ1v) is 3.96. The van der Waals surface area contributed by atoms with Gasteiger partial charge in [0.15, 0.2) is 0 Å². The van der Waals surface area contributed by atoms with E-state index < -0.39 is 0 Å². The van der Waals surface area contributed by atoms with Crippen molar-refractivity contribution in [2.24, 2.45) is 5.11 Å². The van der Waals surface area contributed by atoms with E-state index in [-0.39, 0.29) is 6.04 Å². The Morgan fingerprint density at radius 1 is 1.54 bits per heavy atom. The molecule has 0 fully saturated rings. The Balaban J connectivity index is 2.94. The molecule has 68 valence electrons. The second-order valence-corrected chi connectivity index (χ2v) is 2.66. The summed E-state index contributed by atoms with van der Waals surface area (Å²) in [4.78, 5) is 2.75. The molecule has 0 aliphatic rings. The smallest absolute Gasteiger partial charge is 0.119 e. The Hall–Kier alpha value is -1.67. The zero-order valence-corrected chi connectivity index (χ0v) is 7.64. The molecular weight excluding hydrogens is 166 g/mol. The van der Waals surface area contributed by atoms with E-state index in [2.05, 4.69) is 10.0 Å². The number of hydrogen-bond donors (Lipinski definition) is 0. The average Bonchev–Trinajstić information content (AvgIpc) is 2.18. The predicted octanol–water partition coefficient (Wildman–Crippen LogP) is 3.07. The number of azide groups is 1. The Labute approximate surface area is 76.8 Å². The molecule has 1 aromatic rings. The third kappa shape index (κ3) is 2.39. The van der Waals surface area contributed by atoms with Gasteiger partial charge in [-0.05, 0) is 23.2 Å². The lowest BCUT2D eigenvalue weighted by atomic mass is 10.1. The molecule has 0 heterocycles. The fraction of sp³-hybridized carbons (Fsp3) is 0.333. The van der Waals surface area contributed by atoms with Gasteiger partial charge >= 0.3 is 0 Å². The maximum Gasteiger partial charge on any atom is 0.119 e. The van der Waals surface area contributed by atoms with Crippen molar-refractivity contribution in [3.05, 3.63) is 40.3 Å². The number of methoxy groups -OCH3 is 1. The van der Waals surface area contributed by atoms with Crippen LogP contribution in [-0.4, -0.2) is 7.11 Å². The van der Waals surface area contributed by atoms with Gasteiger partial charge in [-0.25, -0.2) is 0 Å². The third-order valence-electron chi connectivity index (χ3n) is 1.80. The fourth-order valence-electron chi connectivity index (χ4n) is 1.05. The van der Waals surface area contributed by atoms with E-state index >= 15 is 0 Å². The number of rotatable bonds is 3. The van der Waals surface area contributed by atoms with Gasteiger partial charge in [-0.1, -0.05) is 24.2 Å². The van der Waals surface area contributed by atoms with Crippen LogP contribution in [0.25, 0.3) is 10.4 Å². The van der Waals surface area contributed by atoms with Crippen LogP contribution < -0.4 is 4.74 Å². The highest BCUT2D eigenvalue weighted by Crippen LogP contribution is 2.21. The molecule has 0 saturated carbocycles. The van der Waals surface area contributed by atoms with Crippen molar-refractivity contribution in [2.45, 2.75) is 13.0 Å². The summed E-state index contributed by atoms with van der Waals surface area (Å²) in [5.41, 5.74) is 9.21. The van der Waals surface area contributed by atoms with Gasteiger partial charge in [-0.15, -0.1) is 0 Å². The number of benzene rings is 1. The summed E-state index contributed by atoms with van der Waals surface area (Å²) >= 11 is 0. The van der Waals surface area contributed by atoms with Crippen LogP contribution >= 0.6 is 0 Å². The second-order valence-electron chi connectivity index (χ2n) is 2.66. The lowest BCUT2D eigenvalue weighted by Crippen LogP contribution is -1.89. The first-order valence-electron chi connectivity index (χ1n) is 3.96. The molecule has 1 aromatic carbocycles. The van der Waals surface area contributed by atoms with E-state index in [0.717, 1.165) is 11.3 Å². The molecule has 0 saturated heterocycles. The minimum Gasteiger partial charge on any atom is -0.497 e. The zero-order chi connectivity index (χ0) is 9.68. The highest BCUT2D eigenvalue weighted by Gasteiger charge is 2.02. The van der Waals surface area contributed by atoms with Crippen LogP contribution in [0.4, 0.5) is 0 Å². The van der Waals surface area contributed by atoms with Crippen molar-refractivity contribution in [1.82, 2.24) is 0 Å². The van der Waals surface area contributed by atoms with Crippen LogP contribution in [0.2, 0.25) is 0 Å². The minimum absolute atomic E-state index is 0.153. The molecule has 0 aliphatic carbocycles. The highest BCUT2D eigenvalue weighted by atomic mass is 16.5. The second kappa shape index (κ2) is 4.38. The summed E-state index contributed by atoms with van der Waals surface area (Å²) < 4.78 is 5.05. The number of hydrogen-bond acceptors (Lipinski definition) is 2. The molecule has 4 heteroatoms. The normalized spacial score (nSPS) is 11.5. The van der Waals surface area contributed by atoms with Gasteiger partial charge in [-0.3, -0.25) is 0 Å².